The monoisotopic (exact) mass is 348 g/mol. The fraction of sp³-hybridized carbons (Fsp3) is 0.625. The molecule has 0 saturated heterocycles. The topological polar surface area (TPSA) is 18.5 Å². The van der Waals surface area contributed by atoms with E-state index in [0.29, 0.717) is 10.0 Å². The second-order valence-corrected chi connectivity index (χ2v) is 11.0. The molecule has 0 aliphatic rings. The first-order chi connectivity index (χ1) is 9.82. The fourth-order valence-electron chi connectivity index (χ4n) is 2.55. The van der Waals surface area contributed by atoms with Crippen LogP contribution in [0.25, 0.3) is 0 Å². The van der Waals surface area contributed by atoms with Gasteiger partial charge < -0.3 is 9.16 Å². The van der Waals surface area contributed by atoms with Crippen LogP contribution in [0.2, 0.25) is 29.2 Å². The number of ether oxygens (including phenoxy) is 1. The zero-order chi connectivity index (χ0) is 16.0. The lowest BCUT2D eigenvalue weighted by atomic mass is 10.1. The Labute approximate surface area is 139 Å². The van der Waals surface area contributed by atoms with Gasteiger partial charge in [-0.1, -0.05) is 49.0 Å². The predicted octanol–water partition coefficient (Wildman–Crippen LogP) is 6.09. The molecule has 2 nitrogen and oxygen atoms in total. The number of hydrogen-bond acceptors (Lipinski definition) is 2. The van der Waals surface area contributed by atoms with Crippen LogP contribution in [0.5, 0.6) is 0 Å². The molecule has 0 spiro atoms. The molecule has 0 aliphatic heterocycles. The Morgan fingerprint density at radius 2 is 1.76 bits per heavy atom. The molecular weight excluding hydrogens is 323 g/mol. The maximum Gasteiger partial charge on any atom is 0.187 e. The highest BCUT2D eigenvalue weighted by molar-refractivity contribution is 6.71. The predicted molar refractivity (Wildman–Crippen MR) is 94.0 cm³/mol. The summed E-state index contributed by atoms with van der Waals surface area (Å²) in [6.45, 7) is 8.74. The van der Waals surface area contributed by atoms with E-state index in [9.17, 15) is 0 Å². The molecule has 2 atom stereocenters. The van der Waals surface area contributed by atoms with Gasteiger partial charge in [-0.25, -0.2) is 0 Å². The van der Waals surface area contributed by atoms with E-state index < -0.39 is 8.32 Å². The third-order valence-electron chi connectivity index (χ3n) is 3.60. The van der Waals surface area contributed by atoms with Crippen molar-refractivity contribution in [2.45, 2.75) is 58.0 Å². The molecule has 0 amide bonds. The van der Waals surface area contributed by atoms with Gasteiger partial charge in [0.25, 0.3) is 0 Å². The molecule has 1 rings (SSSR count). The molecule has 0 heterocycles. The van der Waals surface area contributed by atoms with E-state index >= 15 is 0 Å². The van der Waals surface area contributed by atoms with Gasteiger partial charge in [-0.3, -0.25) is 0 Å². The summed E-state index contributed by atoms with van der Waals surface area (Å²) < 4.78 is 12.0. The van der Waals surface area contributed by atoms with Gasteiger partial charge in [0.15, 0.2) is 8.32 Å². The minimum atomic E-state index is -1.70. The summed E-state index contributed by atoms with van der Waals surface area (Å²) in [7, 11) is -0.0288. The van der Waals surface area contributed by atoms with Gasteiger partial charge in [0.1, 0.15) is 6.10 Å². The van der Waals surface area contributed by atoms with Crippen molar-refractivity contribution in [1.29, 1.82) is 0 Å². The lowest BCUT2D eigenvalue weighted by Gasteiger charge is -2.32. The van der Waals surface area contributed by atoms with Crippen molar-refractivity contribution in [2.75, 3.05) is 7.11 Å². The summed E-state index contributed by atoms with van der Waals surface area (Å²) >= 11 is 12.6. The molecule has 0 unspecified atom stereocenters. The van der Waals surface area contributed by atoms with E-state index in [0.717, 1.165) is 11.6 Å². The summed E-state index contributed by atoms with van der Waals surface area (Å²) in [5.41, 5.74) is 0.816. The van der Waals surface area contributed by atoms with Crippen LogP contribution in [0.4, 0.5) is 0 Å². The molecule has 0 radical (unpaired) electrons. The Bertz CT molecular complexity index is 432. The molecule has 5 heteroatoms. The van der Waals surface area contributed by atoms with Gasteiger partial charge >= 0.3 is 0 Å². The molecule has 1 aromatic rings. The summed E-state index contributed by atoms with van der Waals surface area (Å²) in [6.07, 6.45) is 2.07. The van der Waals surface area contributed by atoms with Gasteiger partial charge in [0.2, 0.25) is 0 Å². The quantitative estimate of drug-likeness (QED) is 0.529. The molecular formula is C16H26Cl2O2Si. The molecule has 0 aromatic heterocycles. The first-order valence-electron chi connectivity index (χ1n) is 7.47. The van der Waals surface area contributed by atoms with Crippen molar-refractivity contribution in [3.63, 3.8) is 0 Å². The SMILES string of the molecule is CCCC[Si](C)(C)O[C@@H](C)[C@@H](OC)c1c(Cl)cccc1Cl. The van der Waals surface area contributed by atoms with Gasteiger partial charge in [0.05, 0.1) is 6.10 Å². The van der Waals surface area contributed by atoms with Crippen molar-refractivity contribution in [3.05, 3.63) is 33.8 Å². The Kier molecular flexibility index (Phi) is 7.72. The van der Waals surface area contributed by atoms with Crippen molar-refractivity contribution >= 4 is 31.5 Å². The smallest absolute Gasteiger partial charge is 0.187 e. The highest BCUT2D eigenvalue weighted by atomic mass is 35.5. The highest BCUT2D eigenvalue weighted by Crippen LogP contribution is 2.36. The standard InChI is InChI=1S/C16H26Cl2O2Si/c1-6-7-11-21(4,5)20-12(2)16(19-3)15-13(17)9-8-10-14(15)18/h8-10,12,16H,6-7,11H2,1-5H3/t12-,16+/m0/s1. The first kappa shape index (κ1) is 19.0. The summed E-state index contributed by atoms with van der Waals surface area (Å²) in [4.78, 5) is 0. The second-order valence-electron chi connectivity index (χ2n) is 5.98. The molecule has 0 saturated carbocycles. The zero-order valence-electron chi connectivity index (χ0n) is 13.6. The number of methoxy groups -OCH3 is 1. The minimum Gasteiger partial charge on any atom is -0.412 e. The average molecular weight is 349 g/mol. The van der Waals surface area contributed by atoms with E-state index in [1.807, 2.05) is 25.1 Å². The second kappa shape index (κ2) is 8.54. The van der Waals surface area contributed by atoms with Crippen LogP contribution in [-0.4, -0.2) is 21.5 Å². The molecule has 120 valence electrons. The lowest BCUT2D eigenvalue weighted by molar-refractivity contribution is 0.00516. The maximum atomic E-state index is 6.35. The number of halogens is 2. The van der Waals surface area contributed by atoms with Gasteiger partial charge in [-0.2, -0.15) is 0 Å². The largest absolute Gasteiger partial charge is 0.412 e. The molecule has 0 bridgehead atoms. The molecule has 21 heavy (non-hydrogen) atoms. The molecule has 0 N–H and O–H groups in total. The Balaban J connectivity index is 2.89. The fourth-order valence-corrected chi connectivity index (χ4v) is 5.62. The van der Waals surface area contributed by atoms with Crippen LogP contribution in [0.3, 0.4) is 0 Å². The van der Waals surface area contributed by atoms with E-state index in [4.69, 9.17) is 32.4 Å². The average Bonchev–Trinajstić information content (AvgIpc) is 2.40. The van der Waals surface area contributed by atoms with Crippen molar-refractivity contribution in [3.8, 4) is 0 Å². The van der Waals surface area contributed by atoms with E-state index in [-0.39, 0.29) is 12.2 Å². The van der Waals surface area contributed by atoms with Crippen LogP contribution in [-0.2, 0) is 9.16 Å². The van der Waals surface area contributed by atoms with Crippen LogP contribution in [0.1, 0.15) is 38.4 Å². The van der Waals surface area contributed by atoms with Crippen molar-refractivity contribution in [2.24, 2.45) is 0 Å². The normalized spacial score (nSPS) is 15.0. The first-order valence-corrected chi connectivity index (χ1v) is 11.3. The van der Waals surface area contributed by atoms with Crippen molar-refractivity contribution in [1.82, 2.24) is 0 Å². The Morgan fingerprint density at radius 3 is 2.24 bits per heavy atom. The van der Waals surface area contributed by atoms with E-state index in [1.165, 1.54) is 12.8 Å². The highest BCUT2D eigenvalue weighted by Gasteiger charge is 2.31. The van der Waals surface area contributed by atoms with Gasteiger partial charge in [0, 0.05) is 22.7 Å². The van der Waals surface area contributed by atoms with E-state index in [2.05, 4.69) is 20.0 Å². The minimum absolute atomic E-state index is 0.0778. The number of hydrogen-bond donors (Lipinski definition) is 0. The summed E-state index contributed by atoms with van der Waals surface area (Å²) in [6, 6.07) is 6.66. The van der Waals surface area contributed by atoms with Crippen LogP contribution in [0, 0.1) is 0 Å². The van der Waals surface area contributed by atoms with Crippen LogP contribution < -0.4 is 0 Å². The molecule has 0 fully saturated rings. The van der Waals surface area contributed by atoms with Gasteiger partial charge in [-0.15, -0.1) is 0 Å². The Morgan fingerprint density at radius 1 is 1.19 bits per heavy atom. The third-order valence-corrected chi connectivity index (χ3v) is 6.83. The zero-order valence-corrected chi connectivity index (χ0v) is 16.1. The van der Waals surface area contributed by atoms with Crippen LogP contribution in [0.15, 0.2) is 18.2 Å². The van der Waals surface area contributed by atoms with Gasteiger partial charge in [-0.05, 0) is 38.2 Å². The van der Waals surface area contributed by atoms with Crippen LogP contribution >= 0.6 is 23.2 Å². The molecule has 1 aromatic carbocycles. The maximum absolute atomic E-state index is 6.35. The lowest BCUT2D eigenvalue weighted by Crippen LogP contribution is -2.37. The van der Waals surface area contributed by atoms with Crippen molar-refractivity contribution < 1.29 is 9.16 Å². The summed E-state index contributed by atoms with van der Waals surface area (Å²) in [5, 5.41) is 1.25. The number of rotatable bonds is 8. The van der Waals surface area contributed by atoms with E-state index in [1.54, 1.807) is 7.11 Å². The number of benzene rings is 1. The number of unbranched alkanes of at least 4 members (excludes halogenated alkanes) is 1. The summed E-state index contributed by atoms with van der Waals surface area (Å²) in [5.74, 6) is 0. The Hall–Kier alpha value is -0.0631. The third kappa shape index (κ3) is 5.57. The molecule has 0 aliphatic carbocycles.